The average molecular weight is 995 g/mol. The molecule has 0 saturated carbocycles. The molecule has 0 N–H and O–H groups in total. The van der Waals surface area contributed by atoms with Gasteiger partial charge in [-0.25, -0.2) is 9.97 Å². The Morgan fingerprint density at radius 2 is 0.600 bits per heavy atom. The summed E-state index contributed by atoms with van der Waals surface area (Å²) in [6, 6.07) is 94.9. The van der Waals surface area contributed by atoms with Crippen molar-refractivity contribution in [1.82, 2.24) is 9.97 Å². The van der Waals surface area contributed by atoms with E-state index in [-0.39, 0.29) is 0 Å². The molecular weight excluding hydrogens is 949 g/mol. The summed E-state index contributed by atoms with van der Waals surface area (Å²) >= 11 is 3.47. The second-order valence-corrected chi connectivity index (χ2v) is 21.0. The first-order valence-corrected chi connectivity index (χ1v) is 26.9. The summed E-state index contributed by atoms with van der Waals surface area (Å²) in [5.74, 6) is 0. The van der Waals surface area contributed by atoms with Crippen LogP contribution in [0.3, 0.4) is 0 Å². The number of nitrogens with zero attached hydrogens (tertiary/aromatic N) is 4. The normalized spacial score (nSPS) is 12.0. The number of aromatic nitrogens is 2. The molecule has 1 aliphatic heterocycles. The maximum atomic E-state index is 5.24. The number of hydrogen-bond acceptors (Lipinski definition) is 6. The lowest BCUT2D eigenvalue weighted by Gasteiger charge is -2.38. The molecule has 11 aromatic carbocycles. The van der Waals surface area contributed by atoms with E-state index in [4.69, 9.17) is 9.97 Å². The lowest BCUT2D eigenvalue weighted by molar-refractivity contribution is 1.13. The highest BCUT2D eigenvalue weighted by Crippen LogP contribution is 2.58. The largest absolute Gasteiger partial charge is 0.341 e. The molecule has 0 fully saturated rings. The third kappa shape index (κ3) is 7.82. The van der Waals surface area contributed by atoms with Gasteiger partial charge in [-0.2, -0.15) is 0 Å². The van der Waals surface area contributed by atoms with Crippen molar-refractivity contribution >= 4 is 71.5 Å². The third-order valence-corrected chi connectivity index (χ3v) is 16.6. The average Bonchev–Trinajstić information content (AvgIpc) is 4.13. The molecular formula is C69H46N4S2. The summed E-state index contributed by atoms with van der Waals surface area (Å²) in [7, 11) is 2.17. The van der Waals surface area contributed by atoms with Gasteiger partial charge in [0.15, 0.2) is 0 Å². The van der Waals surface area contributed by atoms with E-state index in [1.54, 1.807) is 22.7 Å². The monoisotopic (exact) mass is 994 g/mol. The second-order valence-electron chi connectivity index (χ2n) is 18.9. The summed E-state index contributed by atoms with van der Waals surface area (Å²) in [5.41, 5.74) is 23.3. The maximum absolute atomic E-state index is 5.24. The summed E-state index contributed by atoms with van der Waals surface area (Å²) < 4.78 is 2.33. The molecule has 0 saturated heterocycles. The highest BCUT2D eigenvalue weighted by Gasteiger charge is 2.32. The van der Waals surface area contributed by atoms with Crippen LogP contribution in [0, 0.1) is 0 Å². The molecule has 6 heteroatoms. The smallest absolute Gasteiger partial charge is 0.124 e. The number of fused-ring (bicyclic) bond motifs is 4. The van der Waals surface area contributed by atoms with Crippen LogP contribution in [0.5, 0.6) is 0 Å². The highest BCUT2D eigenvalue weighted by molar-refractivity contribution is 7.22. The molecule has 0 spiro atoms. The fraction of sp³-hybridized carbons (Fsp3) is 0.0145. The van der Waals surface area contributed by atoms with E-state index in [0.29, 0.717) is 0 Å². The SMILES string of the molecule is CN1c2ccccc2N(c2cccc(-c3c(-c4ccccc4)c(-c4ccccc4)c(-c4ccccc4)c(-c4cccc(-c5nc6ccccc6s5)c4)c3-c3cccc(-c4nc5ccccc5s4)c3)c2)c2ccccc21. The molecule has 2 aromatic heterocycles. The number of benzene rings is 11. The Kier molecular flexibility index (Phi) is 11.1. The predicted molar refractivity (Wildman–Crippen MR) is 319 cm³/mol. The Morgan fingerprint density at radius 1 is 0.280 bits per heavy atom. The first kappa shape index (κ1) is 44.5. The minimum Gasteiger partial charge on any atom is -0.341 e. The molecule has 0 radical (unpaired) electrons. The van der Waals surface area contributed by atoms with Gasteiger partial charge in [-0.15, -0.1) is 22.7 Å². The lowest BCUT2D eigenvalue weighted by Crippen LogP contribution is -2.23. The molecule has 13 aromatic rings. The fourth-order valence-corrected chi connectivity index (χ4v) is 13.0. The molecule has 3 heterocycles. The van der Waals surface area contributed by atoms with E-state index >= 15 is 0 Å². The van der Waals surface area contributed by atoms with Crippen LogP contribution in [0.15, 0.2) is 261 Å². The van der Waals surface area contributed by atoms with Crippen molar-refractivity contribution in [3.8, 4) is 87.9 Å². The van der Waals surface area contributed by atoms with Crippen molar-refractivity contribution in [2.24, 2.45) is 0 Å². The quantitative estimate of drug-likeness (QED) is 0.144. The van der Waals surface area contributed by atoms with Crippen LogP contribution in [-0.4, -0.2) is 17.0 Å². The highest BCUT2D eigenvalue weighted by atomic mass is 32.1. The summed E-state index contributed by atoms with van der Waals surface area (Å²) in [6.07, 6.45) is 0. The summed E-state index contributed by atoms with van der Waals surface area (Å²) in [4.78, 5) is 15.2. The van der Waals surface area contributed by atoms with Gasteiger partial charge in [0.05, 0.1) is 43.2 Å². The summed E-state index contributed by atoms with van der Waals surface area (Å²) in [6.45, 7) is 0. The first-order valence-electron chi connectivity index (χ1n) is 25.3. The third-order valence-electron chi connectivity index (χ3n) is 14.4. The van der Waals surface area contributed by atoms with Gasteiger partial charge in [0.25, 0.3) is 0 Å². The minimum absolute atomic E-state index is 0.987. The maximum Gasteiger partial charge on any atom is 0.124 e. The van der Waals surface area contributed by atoms with Crippen LogP contribution in [0.25, 0.3) is 108 Å². The molecule has 1 aliphatic rings. The zero-order valence-corrected chi connectivity index (χ0v) is 42.6. The van der Waals surface area contributed by atoms with Gasteiger partial charge in [-0.1, -0.05) is 188 Å². The number of para-hydroxylation sites is 6. The number of hydrogen-bond donors (Lipinski definition) is 0. The van der Waals surface area contributed by atoms with Crippen LogP contribution in [0.2, 0.25) is 0 Å². The van der Waals surface area contributed by atoms with Crippen molar-refractivity contribution in [1.29, 1.82) is 0 Å². The molecule has 0 unspecified atom stereocenters. The topological polar surface area (TPSA) is 32.3 Å². The molecule has 4 nitrogen and oxygen atoms in total. The molecule has 75 heavy (non-hydrogen) atoms. The van der Waals surface area contributed by atoms with Crippen molar-refractivity contribution in [2.75, 3.05) is 16.8 Å². The van der Waals surface area contributed by atoms with Crippen LogP contribution >= 0.6 is 22.7 Å². The standard InChI is InChI=1S/C69H46N4S2/c1-72-56-36-13-15-38-58(56)73(59-39-16-14-37-57(59)72)53-33-21-30-50(44-53)67-64(47-26-9-4-10-27-47)62(45-22-5-2-6-23-45)63(46-24-7-3-8-25-46)65(48-28-19-31-51(42-48)68-70-54-34-11-17-40-60(54)74-68)66(67)49-29-20-32-52(43-49)69-71-55-35-12-18-41-61(55)75-69/h2-44H,1H3. The van der Waals surface area contributed by atoms with Crippen molar-refractivity contribution in [2.45, 2.75) is 0 Å². The van der Waals surface area contributed by atoms with Crippen molar-refractivity contribution in [3.63, 3.8) is 0 Å². The first-order chi connectivity index (χ1) is 37.1. The van der Waals surface area contributed by atoms with Gasteiger partial charge < -0.3 is 9.80 Å². The fourth-order valence-electron chi connectivity index (χ4n) is 11.1. The summed E-state index contributed by atoms with van der Waals surface area (Å²) in [5, 5.41) is 1.98. The Hall–Kier alpha value is -9.20. The van der Waals surface area contributed by atoms with Crippen molar-refractivity contribution in [3.05, 3.63) is 261 Å². The van der Waals surface area contributed by atoms with Gasteiger partial charge >= 0.3 is 0 Å². The Balaban J connectivity index is 1.15. The molecule has 14 rings (SSSR count). The van der Waals surface area contributed by atoms with Crippen LogP contribution < -0.4 is 9.80 Å². The second kappa shape index (κ2) is 18.7. The Bertz CT molecular complexity index is 4160. The molecule has 354 valence electrons. The van der Waals surface area contributed by atoms with E-state index in [0.717, 1.165) is 127 Å². The predicted octanol–water partition coefficient (Wildman–Crippen LogP) is 19.8. The van der Waals surface area contributed by atoms with Gasteiger partial charge in [-0.05, 0) is 140 Å². The van der Waals surface area contributed by atoms with Gasteiger partial charge in [0, 0.05) is 23.9 Å². The molecule has 0 amide bonds. The minimum atomic E-state index is 0.987. The van der Waals surface area contributed by atoms with E-state index in [1.807, 2.05) is 0 Å². The van der Waals surface area contributed by atoms with E-state index < -0.39 is 0 Å². The van der Waals surface area contributed by atoms with Gasteiger partial charge in [0.1, 0.15) is 10.0 Å². The van der Waals surface area contributed by atoms with Crippen LogP contribution in [0.1, 0.15) is 0 Å². The zero-order valence-electron chi connectivity index (χ0n) is 40.9. The van der Waals surface area contributed by atoms with E-state index in [9.17, 15) is 0 Å². The Labute approximate surface area is 444 Å². The molecule has 0 atom stereocenters. The van der Waals surface area contributed by atoms with Crippen molar-refractivity contribution < 1.29 is 0 Å². The number of anilines is 5. The molecule has 0 aliphatic carbocycles. The van der Waals surface area contributed by atoms with Crippen LogP contribution in [-0.2, 0) is 0 Å². The molecule has 0 bridgehead atoms. The number of rotatable bonds is 9. The van der Waals surface area contributed by atoms with E-state index in [1.165, 1.54) is 9.40 Å². The lowest BCUT2D eigenvalue weighted by atomic mass is 9.74. The van der Waals surface area contributed by atoms with Gasteiger partial charge in [-0.3, -0.25) is 0 Å². The zero-order chi connectivity index (χ0) is 49.8. The van der Waals surface area contributed by atoms with Gasteiger partial charge in [0.2, 0.25) is 0 Å². The number of thiazole rings is 2. The van der Waals surface area contributed by atoms with E-state index in [2.05, 4.69) is 278 Å². The van der Waals surface area contributed by atoms with Crippen LogP contribution in [0.4, 0.5) is 28.4 Å². The Morgan fingerprint density at radius 3 is 1.03 bits per heavy atom.